The van der Waals surface area contributed by atoms with Gasteiger partial charge in [0.2, 0.25) is 0 Å². The number of rotatable bonds is 0. The van der Waals surface area contributed by atoms with Crippen LogP contribution >= 0.6 is 0 Å². The Morgan fingerprint density at radius 2 is 2.12 bits per heavy atom. The lowest BCUT2D eigenvalue weighted by atomic mass is 10.1. The summed E-state index contributed by atoms with van der Waals surface area (Å²) >= 11 is 0. The Morgan fingerprint density at radius 1 is 1.25 bits per heavy atom. The van der Waals surface area contributed by atoms with Crippen LogP contribution in [-0.4, -0.2) is 11.2 Å². The highest BCUT2D eigenvalue weighted by Gasteiger charge is 2.33. The summed E-state index contributed by atoms with van der Waals surface area (Å²) in [5, 5.41) is 9.17. The fourth-order valence-electron chi connectivity index (χ4n) is 1.75. The molecule has 0 aromatic rings. The van der Waals surface area contributed by atoms with E-state index in [1.807, 2.05) is 0 Å². The highest BCUT2D eigenvalue weighted by Crippen LogP contribution is 2.38. The molecule has 2 aliphatic carbocycles. The molecule has 8 heavy (non-hydrogen) atoms. The summed E-state index contributed by atoms with van der Waals surface area (Å²) in [6.07, 6.45) is 6.60. The van der Waals surface area contributed by atoms with Gasteiger partial charge in [-0.15, -0.1) is 0 Å². The topological polar surface area (TPSA) is 20.2 Å². The summed E-state index contributed by atoms with van der Waals surface area (Å²) in [6, 6.07) is 0. The molecule has 2 aliphatic rings. The van der Waals surface area contributed by atoms with Crippen LogP contribution in [-0.2, 0) is 0 Å². The van der Waals surface area contributed by atoms with Crippen molar-refractivity contribution in [2.75, 3.05) is 0 Å². The highest BCUT2D eigenvalue weighted by molar-refractivity contribution is 5.10. The predicted octanol–water partition coefficient (Wildman–Crippen LogP) is 0.943. The average molecular weight is 110 g/mol. The van der Waals surface area contributed by atoms with Crippen LogP contribution < -0.4 is 0 Å². The van der Waals surface area contributed by atoms with Crippen LogP contribution in [0.5, 0.6) is 0 Å². The zero-order valence-corrected chi connectivity index (χ0v) is 4.75. The molecule has 44 valence electrons. The number of allylic oxidation sites excluding steroid dienone is 1. The fourth-order valence-corrected chi connectivity index (χ4v) is 1.75. The zero-order valence-electron chi connectivity index (χ0n) is 4.75. The molecular formula is C7H10O. The molecule has 1 saturated carbocycles. The molecule has 0 spiro atoms. The van der Waals surface area contributed by atoms with Crippen LogP contribution in [0.15, 0.2) is 12.2 Å². The van der Waals surface area contributed by atoms with E-state index in [4.69, 9.17) is 5.11 Å². The summed E-state index contributed by atoms with van der Waals surface area (Å²) in [5.74, 6) is 1.23. The number of aliphatic hydroxyl groups excluding tert-OH is 1. The quantitative estimate of drug-likeness (QED) is 0.460. The Labute approximate surface area is 49.0 Å². The van der Waals surface area contributed by atoms with E-state index >= 15 is 0 Å². The van der Waals surface area contributed by atoms with Crippen molar-refractivity contribution in [1.29, 1.82) is 0 Å². The lowest BCUT2D eigenvalue weighted by Gasteiger charge is -2.08. The second kappa shape index (κ2) is 1.35. The second-order valence-electron chi connectivity index (χ2n) is 2.85. The maximum absolute atomic E-state index is 9.17. The van der Waals surface area contributed by atoms with Crippen molar-refractivity contribution < 1.29 is 5.11 Å². The van der Waals surface area contributed by atoms with Gasteiger partial charge in [-0.3, -0.25) is 0 Å². The summed E-state index contributed by atoms with van der Waals surface area (Å²) in [6.45, 7) is 0. The van der Waals surface area contributed by atoms with E-state index in [2.05, 4.69) is 12.2 Å². The third-order valence-corrected chi connectivity index (χ3v) is 2.24. The van der Waals surface area contributed by atoms with Crippen molar-refractivity contribution >= 4 is 0 Å². The molecule has 0 aliphatic heterocycles. The second-order valence-corrected chi connectivity index (χ2v) is 2.85. The molecule has 0 aromatic carbocycles. The molecule has 0 unspecified atom stereocenters. The fraction of sp³-hybridized carbons (Fsp3) is 0.714. The molecule has 1 nitrogen and oxygen atoms in total. The molecule has 0 radical (unpaired) electrons. The number of hydrogen-bond donors (Lipinski definition) is 1. The van der Waals surface area contributed by atoms with Crippen LogP contribution in [0.1, 0.15) is 12.8 Å². The normalized spacial score (nSPS) is 50.9. The van der Waals surface area contributed by atoms with Crippen LogP contribution in [0, 0.1) is 11.8 Å². The predicted molar refractivity (Wildman–Crippen MR) is 31.4 cm³/mol. The van der Waals surface area contributed by atoms with Gasteiger partial charge in [0.25, 0.3) is 0 Å². The van der Waals surface area contributed by atoms with E-state index in [0.29, 0.717) is 5.92 Å². The van der Waals surface area contributed by atoms with Crippen molar-refractivity contribution in [3.8, 4) is 0 Å². The molecule has 1 N–H and O–H groups in total. The van der Waals surface area contributed by atoms with Crippen molar-refractivity contribution in [2.45, 2.75) is 18.9 Å². The van der Waals surface area contributed by atoms with Crippen molar-refractivity contribution in [1.82, 2.24) is 0 Å². The molecule has 0 saturated heterocycles. The van der Waals surface area contributed by atoms with E-state index in [9.17, 15) is 0 Å². The monoisotopic (exact) mass is 110 g/mol. The molecule has 0 amide bonds. The average Bonchev–Trinajstić information content (AvgIpc) is 2.23. The van der Waals surface area contributed by atoms with E-state index in [1.54, 1.807) is 0 Å². The number of hydrogen-bond acceptors (Lipinski definition) is 1. The Morgan fingerprint density at radius 3 is 2.38 bits per heavy atom. The zero-order chi connectivity index (χ0) is 5.56. The van der Waals surface area contributed by atoms with E-state index in [1.165, 1.54) is 6.42 Å². The van der Waals surface area contributed by atoms with Crippen molar-refractivity contribution in [3.05, 3.63) is 12.2 Å². The Bertz CT molecular complexity index is 128. The van der Waals surface area contributed by atoms with Gasteiger partial charge < -0.3 is 5.11 Å². The first kappa shape index (κ1) is 4.57. The highest BCUT2D eigenvalue weighted by atomic mass is 16.3. The first-order chi connectivity index (χ1) is 3.86. The third-order valence-electron chi connectivity index (χ3n) is 2.24. The van der Waals surface area contributed by atoms with Crippen molar-refractivity contribution in [3.63, 3.8) is 0 Å². The number of aliphatic hydroxyl groups is 1. The summed E-state index contributed by atoms with van der Waals surface area (Å²) in [7, 11) is 0. The molecule has 1 fully saturated rings. The summed E-state index contributed by atoms with van der Waals surface area (Å²) in [5.41, 5.74) is 0. The van der Waals surface area contributed by atoms with E-state index in [-0.39, 0.29) is 6.10 Å². The maximum atomic E-state index is 9.17. The van der Waals surface area contributed by atoms with Gasteiger partial charge in [-0.05, 0) is 18.8 Å². The van der Waals surface area contributed by atoms with E-state index in [0.717, 1.165) is 12.3 Å². The van der Waals surface area contributed by atoms with Crippen molar-refractivity contribution in [2.24, 2.45) is 11.8 Å². The Hall–Kier alpha value is -0.300. The Kier molecular flexibility index (Phi) is 0.770. The van der Waals surface area contributed by atoms with Crippen LogP contribution in [0.4, 0.5) is 0 Å². The lowest BCUT2D eigenvalue weighted by molar-refractivity contribution is 0.148. The van der Waals surface area contributed by atoms with Gasteiger partial charge in [-0.1, -0.05) is 12.2 Å². The maximum Gasteiger partial charge on any atom is 0.0608 e. The van der Waals surface area contributed by atoms with Crippen LogP contribution in [0.2, 0.25) is 0 Å². The molecule has 0 heterocycles. The number of fused-ring (bicyclic) bond motifs is 2. The third kappa shape index (κ3) is 0.451. The van der Waals surface area contributed by atoms with Crippen LogP contribution in [0.3, 0.4) is 0 Å². The smallest absolute Gasteiger partial charge is 0.0608 e. The Balaban J connectivity index is 2.23. The van der Waals surface area contributed by atoms with Gasteiger partial charge in [-0.2, -0.15) is 0 Å². The van der Waals surface area contributed by atoms with Gasteiger partial charge in [0.15, 0.2) is 0 Å². The molecule has 0 aromatic heterocycles. The molecule has 2 bridgehead atoms. The van der Waals surface area contributed by atoms with Gasteiger partial charge in [0.05, 0.1) is 6.10 Å². The van der Waals surface area contributed by atoms with Gasteiger partial charge in [0.1, 0.15) is 0 Å². The minimum Gasteiger partial charge on any atom is -0.392 e. The largest absolute Gasteiger partial charge is 0.392 e. The van der Waals surface area contributed by atoms with Crippen LogP contribution in [0.25, 0.3) is 0 Å². The minimum atomic E-state index is -0.00926. The molecule has 3 atom stereocenters. The first-order valence-corrected chi connectivity index (χ1v) is 3.22. The molecule has 1 heteroatoms. The molecular weight excluding hydrogens is 100 g/mol. The summed E-state index contributed by atoms with van der Waals surface area (Å²) in [4.78, 5) is 0. The van der Waals surface area contributed by atoms with Gasteiger partial charge >= 0.3 is 0 Å². The summed E-state index contributed by atoms with van der Waals surface area (Å²) < 4.78 is 0. The lowest BCUT2D eigenvalue weighted by Crippen LogP contribution is -2.11. The SMILES string of the molecule is O[C@@H]1C[C@@H]2C=C[C@@H]1C2. The first-order valence-electron chi connectivity index (χ1n) is 3.22. The van der Waals surface area contributed by atoms with Gasteiger partial charge in [-0.25, -0.2) is 0 Å². The minimum absolute atomic E-state index is 0.00926. The van der Waals surface area contributed by atoms with E-state index < -0.39 is 0 Å². The molecule has 2 rings (SSSR count). The van der Waals surface area contributed by atoms with Gasteiger partial charge in [0, 0.05) is 5.92 Å². The standard InChI is InChI=1S/C7H10O/c8-7-4-5-1-2-6(7)3-5/h1-2,5-8H,3-4H2/t5-,6-,7-/m1/s1.